The molecule has 1 aliphatic rings. The molecule has 5 nitrogen and oxygen atoms in total. The van der Waals surface area contributed by atoms with Crippen molar-refractivity contribution in [1.29, 1.82) is 0 Å². The van der Waals surface area contributed by atoms with Gasteiger partial charge in [0.1, 0.15) is 5.66 Å². The predicted molar refractivity (Wildman–Crippen MR) is 67.4 cm³/mol. The highest BCUT2D eigenvalue weighted by atomic mass is 16.4. The van der Waals surface area contributed by atoms with Gasteiger partial charge >= 0.3 is 5.97 Å². The van der Waals surface area contributed by atoms with Crippen molar-refractivity contribution in [2.24, 2.45) is 0 Å². The smallest absolute Gasteiger partial charge is 0.303 e. The molecule has 1 atom stereocenters. The first-order valence-electron chi connectivity index (χ1n) is 5.81. The molecule has 1 unspecified atom stereocenters. The Bertz CT molecular complexity index is 501. The highest BCUT2D eigenvalue weighted by molar-refractivity contribution is 6.02. The van der Waals surface area contributed by atoms with E-state index in [1.54, 1.807) is 18.0 Å². The van der Waals surface area contributed by atoms with E-state index in [1.807, 2.05) is 25.1 Å². The van der Waals surface area contributed by atoms with Crippen LogP contribution in [-0.2, 0) is 4.79 Å². The molecule has 1 heterocycles. The van der Waals surface area contributed by atoms with Crippen LogP contribution in [0.15, 0.2) is 24.3 Å². The first-order chi connectivity index (χ1) is 8.44. The monoisotopic (exact) mass is 248 g/mol. The van der Waals surface area contributed by atoms with E-state index in [1.165, 1.54) is 0 Å². The number of carboxylic acid groups (broad SMARTS) is 1. The van der Waals surface area contributed by atoms with E-state index in [2.05, 4.69) is 5.32 Å². The topological polar surface area (TPSA) is 69.6 Å². The lowest BCUT2D eigenvalue weighted by Gasteiger charge is -2.44. The average Bonchev–Trinajstić information content (AvgIpc) is 2.34. The Balaban J connectivity index is 2.31. The van der Waals surface area contributed by atoms with Crippen molar-refractivity contribution >= 4 is 17.6 Å². The Morgan fingerprint density at radius 3 is 2.78 bits per heavy atom. The van der Waals surface area contributed by atoms with Crippen molar-refractivity contribution in [3.63, 3.8) is 0 Å². The van der Waals surface area contributed by atoms with Gasteiger partial charge in [0.15, 0.2) is 0 Å². The van der Waals surface area contributed by atoms with E-state index < -0.39 is 11.6 Å². The molecular formula is C13H16N2O3. The summed E-state index contributed by atoms with van der Waals surface area (Å²) in [6, 6.07) is 7.26. The molecule has 5 heteroatoms. The molecule has 2 rings (SSSR count). The number of carbonyl (C=O) groups excluding carboxylic acids is 1. The fourth-order valence-corrected chi connectivity index (χ4v) is 2.14. The Labute approximate surface area is 105 Å². The molecule has 0 aliphatic carbocycles. The second-order valence-corrected chi connectivity index (χ2v) is 4.70. The first kappa shape index (κ1) is 12.4. The molecule has 0 saturated carbocycles. The van der Waals surface area contributed by atoms with Gasteiger partial charge in [-0.3, -0.25) is 9.59 Å². The van der Waals surface area contributed by atoms with E-state index in [0.29, 0.717) is 12.0 Å². The summed E-state index contributed by atoms with van der Waals surface area (Å²) in [5, 5.41) is 12.0. The molecule has 1 aliphatic heterocycles. The zero-order valence-corrected chi connectivity index (χ0v) is 10.4. The normalized spacial score (nSPS) is 22.3. The quantitative estimate of drug-likeness (QED) is 0.855. The molecule has 0 radical (unpaired) electrons. The van der Waals surface area contributed by atoms with Crippen molar-refractivity contribution in [3.05, 3.63) is 29.8 Å². The van der Waals surface area contributed by atoms with Crippen LogP contribution in [0.4, 0.5) is 5.69 Å². The number of carbonyl (C=O) groups is 2. The zero-order valence-electron chi connectivity index (χ0n) is 10.4. The third-order valence-corrected chi connectivity index (χ3v) is 3.43. The number of fused-ring (bicyclic) bond motifs is 1. The molecule has 0 bridgehead atoms. The van der Waals surface area contributed by atoms with Gasteiger partial charge in [-0.1, -0.05) is 12.1 Å². The molecule has 0 fully saturated rings. The number of anilines is 1. The van der Waals surface area contributed by atoms with Crippen LogP contribution in [0, 0.1) is 0 Å². The van der Waals surface area contributed by atoms with Crippen LogP contribution in [0.1, 0.15) is 30.1 Å². The molecule has 18 heavy (non-hydrogen) atoms. The van der Waals surface area contributed by atoms with E-state index in [4.69, 9.17) is 5.11 Å². The van der Waals surface area contributed by atoms with Gasteiger partial charge in [-0.25, -0.2) is 0 Å². The van der Waals surface area contributed by atoms with Crippen LogP contribution in [0.2, 0.25) is 0 Å². The number of carboxylic acids is 1. The summed E-state index contributed by atoms with van der Waals surface area (Å²) in [4.78, 5) is 24.5. The van der Waals surface area contributed by atoms with Crippen LogP contribution in [0.3, 0.4) is 0 Å². The molecule has 0 saturated heterocycles. The number of hydrogen-bond acceptors (Lipinski definition) is 3. The number of hydrogen-bond donors (Lipinski definition) is 2. The second kappa shape index (κ2) is 4.33. The van der Waals surface area contributed by atoms with Gasteiger partial charge in [0.2, 0.25) is 0 Å². The number of rotatable bonds is 3. The highest BCUT2D eigenvalue weighted by Crippen LogP contribution is 2.32. The number of amides is 1. The fraction of sp³-hybridized carbons (Fsp3) is 0.385. The van der Waals surface area contributed by atoms with Crippen molar-refractivity contribution in [2.45, 2.75) is 25.4 Å². The third kappa shape index (κ3) is 2.03. The summed E-state index contributed by atoms with van der Waals surface area (Å²) in [6.07, 6.45) is 0.377. The number of nitrogens with zero attached hydrogens (tertiary/aromatic N) is 1. The van der Waals surface area contributed by atoms with Crippen LogP contribution < -0.4 is 5.32 Å². The summed E-state index contributed by atoms with van der Waals surface area (Å²) in [5.41, 5.74) is 0.713. The van der Waals surface area contributed by atoms with Gasteiger partial charge in [-0.05, 0) is 25.5 Å². The number of aliphatic carboxylic acids is 1. The van der Waals surface area contributed by atoms with Crippen molar-refractivity contribution in [3.8, 4) is 0 Å². The highest BCUT2D eigenvalue weighted by Gasteiger charge is 2.38. The standard InChI is InChI=1S/C13H16N2O3/c1-13(8-7-11(16)17)14-10-6-4-3-5-9(10)12(18)15(13)2/h3-6,14H,7-8H2,1-2H3,(H,16,17). The second-order valence-electron chi connectivity index (χ2n) is 4.70. The van der Waals surface area contributed by atoms with Crippen molar-refractivity contribution < 1.29 is 14.7 Å². The minimum absolute atomic E-state index is 0.0171. The predicted octanol–water partition coefficient (Wildman–Crippen LogP) is 1.77. The summed E-state index contributed by atoms with van der Waals surface area (Å²) in [6.45, 7) is 1.84. The Morgan fingerprint density at radius 2 is 2.11 bits per heavy atom. The van der Waals surface area contributed by atoms with E-state index in [0.717, 1.165) is 5.69 Å². The lowest BCUT2D eigenvalue weighted by Crippen LogP contribution is -2.56. The number of para-hydroxylation sites is 1. The van der Waals surface area contributed by atoms with Crippen molar-refractivity contribution in [1.82, 2.24) is 4.90 Å². The molecule has 0 spiro atoms. The fourth-order valence-electron chi connectivity index (χ4n) is 2.14. The summed E-state index contributed by atoms with van der Waals surface area (Å²) in [5.74, 6) is -0.949. The third-order valence-electron chi connectivity index (χ3n) is 3.43. The molecule has 1 aromatic carbocycles. The van der Waals surface area contributed by atoms with Crippen LogP contribution in [0.5, 0.6) is 0 Å². The molecule has 0 aromatic heterocycles. The summed E-state index contributed by atoms with van der Waals surface area (Å²) in [7, 11) is 1.69. The lowest BCUT2D eigenvalue weighted by molar-refractivity contribution is -0.137. The Kier molecular flexibility index (Phi) is 2.98. The van der Waals surface area contributed by atoms with E-state index in [9.17, 15) is 9.59 Å². The summed E-state index contributed by atoms with van der Waals surface area (Å²) < 4.78 is 0. The van der Waals surface area contributed by atoms with Crippen LogP contribution >= 0.6 is 0 Å². The van der Waals surface area contributed by atoms with E-state index in [-0.39, 0.29) is 12.3 Å². The van der Waals surface area contributed by atoms with Gasteiger partial charge in [0.05, 0.1) is 5.56 Å². The maximum absolute atomic E-state index is 12.2. The molecule has 1 aromatic rings. The largest absolute Gasteiger partial charge is 0.481 e. The van der Waals surface area contributed by atoms with Crippen LogP contribution in [0.25, 0.3) is 0 Å². The molecular weight excluding hydrogens is 232 g/mol. The molecule has 1 amide bonds. The van der Waals surface area contributed by atoms with Gasteiger partial charge < -0.3 is 15.3 Å². The lowest BCUT2D eigenvalue weighted by atomic mass is 9.97. The van der Waals surface area contributed by atoms with Gasteiger partial charge in [-0.15, -0.1) is 0 Å². The van der Waals surface area contributed by atoms with E-state index >= 15 is 0 Å². The van der Waals surface area contributed by atoms with Crippen LogP contribution in [-0.4, -0.2) is 34.6 Å². The van der Waals surface area contributed by atoms with Gasteiger partial charge in [0, 0.05) is 19.2 Å². The average molecular weight is 248 g/mol. The number of nitrogens with one attached hydrogen (secondary N) is 1. The maximum Gasteiger partial charge on any atom is 0.303 e. The first-order valence-corrected chi connectivity index (χ1v) is 5.81. The Morgan fingerprint density at radius 1 is 1.44 bits per heavy atom. The molecule has 96 valence electrons. The maximum atomic E-state index is 12.2. The SMILES string of the molecule is CN1C(=O)c2ccccc2NC1(C)CCC(=O)O. The van der Waals surface area contributed by atoms with Gasteiger partial charge in [0.25, 0.3) is 5.91 Å². The minimum atomic E-state index is -0.863. The van der Waals surface area contributed by atoms with Crippen molar-refractivity contribution in [2.75, 3.05) is 12.4 Å². The summed E-state index contributed by atoms with van der Waals surface area (Å²) >= 11 is 0. The Hall–Kier alpha value is -2.04. The zero-order chi connectivity index (χ0) is 13.3. The minimum Gasteiger partial charge on any atom is -0.481 e. The number of benzene rings is 1. The molecule has 2 N–H and O–H groups in total. The van der Waals surface area contributed by atoms with Gasteiger partial charge in [-0.2, -0.15) is 0 Å².